The molecule has 0 N–H and O–H groups in total. The van der Waals surface area contributed by atoms with Crippen molar-refractivity contribution >= 4 is 56.1 Å². The molecule has 0 heterocycles. The molecule has 0 aromatic heterocycles. The summed E-state index contributed by atoms with van der Waals surface area (Å²) in [6, 6.07) is 56.1. The lowest BCUT2D eigenvalue weighted by Gasteiger charge is -2.41. The van der Waals surface area contributed by atoms with Crippen LogP contribution in [0.4, 0.5) is 28.4 Å². The monoisotopic (exact) mass is 676 g/mol. The number of nitrogens with zero attached hydrogens (tertiary/aromatic N) is 2. The lowest BCUT2D eigenvalue weighted by molar-refractivity contribution is 0.533. The first-order valence-electron chi connectivity index (χ1n) is 18.7. The van der Waals surface area contributed by atoms with Gasteiger partial charge in [0.05, 0.1) is 11.2 Å². The van der Waals surface area contributed by atoms with Crippen molar-refractivity contribution in [2.24, 2.45) is 5.92 Å². The zero-order chi connectivity index (χ0) is 36.0. The Kier molecular flexibility index (Phi) is 8.50. The molecular weight excluding hydrogens is 629 g/mol. The summed E-state index contributed by atoms with van der Waals surface area (Å²) in [6.45, 7) is 13.8. The molecule has 7 aromatic rings. The van der Waals surface area contributed by atoms with Gasteiger partial charge in [0.1, 0.15) is 0 Å². The zero-order valence-corrected chi connectivity index (χ0v) is 31.3. The summed E-state index contributed by atoms with van der Waals surface area (Å²) in [4.78, 5) is 4.99. The van der Waals surface area contributed by atoms with Gasteiger partial charge >= 0.3 is 0 Å². The first kappa shape index (κ1) is 33.5. The van der Waals surface area contributed by atoms with Gasteiger partial charge in [0.25, 0.3) is 0 Å². The first-order valence-corrected chi connectivity index (χ1v) is 18.7. The lowest BCUT2D eigenvalue weighted by Crippen LogP contribution is -2.38. The Morgan fingerprint density at radius 1 is 0.519 bits per heavy atom. The predicted molar refractivity (Wildman–Crippen MR) is 225 cm³/mol. The van der Waals surface area contributed by atoms with E-state index in [9.17, 15) is 0 Å². The molecule has 0 radical (unpaired) electrons. The van der Waals surface area contributed by atoms with Crippen LogP contribution in [0.1, 0.15) is 63.8 Å². The molecule has 2 heteroatoms. The van der Waals surface area contributed by atoms with E-state index in [1.54, 1.807) is 0 Å². The Morgan fingerprint density at radius 3 is 1.87 bits per heavy atom. The van der Waals surface area contributed by atoms with Crippen LogP contribution in [0.15, 0.2) is 158 Å². The van der Waals surface area contributed by atoms with Gasteiger partial charge in [-0.15, -0.1) is 0 Å². The van der Waals surface area contributed by atoms with Gasteiger partial charge in [-0.25, -0.2) is 0 Å². The molecule has 0 saturated carbocycles. The average Bonchev–Trinajstić information content (AvgIpc) is 3.15. The van der Waals surface area contributed by atoms with Gasteiger partial charge in [-0.05, 0) is 119 Å². The van der Waals surface area contributed by atoms with E-state index < -0.39 is 0 Å². The van der Waals surface area contributed by atoms with Crippen LogP contribution in [0.5, 0.6) is 0 Å². The summed E-state index contributed by atoms with van der Waals surface area (Å²) in [6.07, 6.45) is 5.65. The van der Waals surface area contributed by atoms with Gasteiger partial charge in [0, 0.05) is 28.1 Å². The number of allylic oxidation sites excluding steroid dienone is 1. The molecule has 1 aliphatic rings. The zero-order valence-electron chi connectivity index (χ0n) is 31.3. The normalized spacial score (nSPS) is 14.4. The molecule has 1 unspecified atom stereocenters. The predicted octanol–water partition coefficient (Wildman–Crippen LogP) is 14.0. The number of hydrogen-bond acceptors (Lipinski definition) is 2. The summed E-state index contributed by atoms with van der Waals surface area (Å²) < 4.78 is 0. The van der Waals surface area contributed by atoms with E-state index in [0.717, 1.165) is 17.8 Å². The lowest BCUT2D eigenvalue weighted by atomic mass is 9.84. The summed E-state index contributed by atoms with van der Waals surface area (Å²) in [5.74, 6) is 0.487. The maximum atomic E-state index is 2.51. The minimum Gasteiger partial charge on any atom is -0.332 e. The molecule has 0 fully saturated rings. The molecule has 0 saturated heterocycles. The third-order valence-electron chi connectivity index (χ3n) is 10.9. The third kappa shape index (κ3) is 6.17. The van der Waals surface area contributed by atoms with Gasteiger partial charge in [-0.2, -0.15) is 0 Å². The van der Waals surface area contributed by atoms with Crippen LogP contribution in [-0.2, 0) is 17.4 Å². The molecule has 0 amide bonds. The molecular formula is C50H48N2. The van der Waals surface area contributed by atoms with E-state index in [-0.39, 0.29) is 11.0 Å². The third-order valence-corrected chi connectivity index (χ3v) is 10.9. The maximum absolute atomic E-state index is 2.51. The Hall–Kier alpha value is -5.60. The van der Waals surface area contributed by atoms with Crippen molar-refractivity contribution in [2.45, 2.75) is 58.9 Å². The highest BCUT2D eigenvalue weighted by molar-refractivity contribution is 5.99. The second-order valence-electron chi connectivity index (χ2n) is 16.0. The standard InChI is InChI=1S/C50H48N2/c1-35-21-22-38-17-12-20-48(46(38)33-35)51(47-19-11-16-37-14-9-10-18-45(37)47)42-29-31-43(32-30-42)52(44-28-23-36-13-7-8-15-39(36)34-44)50(5,6)41-26-24-40(25-27-41)49(2,3)4/h7-32,34-35H,33H2,1-6H3. The molecule has 258 valence electrons. The van der Waals surface area contributed by atoms with E-state index in [1.165, 1.54) is 60.9 Å². The van der Waals surface area contributed by atoms with Gasteiger partial charge in [0.2, 0.25) is 0 Å². The second-order valence-corrected chi connectivity index (χ2v) is 16.0. The van der Waals surface area contributed by atoms with Gasteiger partial charge in [-0.1, -0.05) is 143 Å². The van der Waals surface area contributed by atoms with Crippen molar-refractivity contribution in [2.75, 3.05) is 9.80 Å². The van der Waals surface area contributed by atoms with Crippen molar-refractivity contribution in [1.82, 2.24) is 0 Å². The number of fused-ring (bicyclic) bond motifs is 3. The molecule has 1 atom stereocenters. The molecule has 0 spiro atoms. The molecule has 1 aliphatic carbocycles. The Morgan fingerprint density at radius 2 is 1.12 bits per heavy atom. The van der Waals surface area contributed by atoms with Crippen LogP contribution in [0.3, 0.4) is 0 Å². The molecule has 0 aliphatic heterocycles. The largest absolute Gasteiger partial charge is 0.332 e. The Balaban J connectivity index is 1.28. The number of rotatable bonds is 7. The Labute approximate surface area is 309 Å². The van der Waals surface area contributed by atoms with Gasteiger partial charge in [0.15, 0.2) is 0 Å². The van der Waals surface area contributed by atoms with Crippen LogP contribution in [0, 0.1) is 5.92 Å². The molecule has 7 aromatic carbocycles. The minimum absolute atomic E-state index is 0.0960. The Bertz CT molecular complexity index is 2400. The summed E-state index contributed by atoms with van der Waals surface area (Å²) in [5, 5.41) is 4.96. The highest BCUT2D eigenvalue weighted by atomic mass is 15.2. The van der Waals surface area contributed by atoms with E-state index in [0.29, 0.717) is 5.92 Å². The molecule has 0 bridgehead atoms. The van der Waals surface area contributed by atoms with Crippen LogP contribution in [0.2, 0.25) is 0 Å². The van der Waals surface area contributed by atoms with Crippen molar-refractivity contribution in [3.63, 3.8) is 0 Å². The van der Waals surface area contributed by atoms with Crippen molar-refractivity contribution in [3.05, 3.63) is 180 Å². The topological polar surface area (TPSA) is 6.48 Å². The summed E-state index contributed by atoms with van der Waals surface area (Å²) in [5.41, 5.74) is 10.9. The second kappa shape index (κ2) is 13.2. The van der Waals surface area contributed by atoms with Crippen molar-refractivity contribution in [1.29, 1.82) is 0 Å². The molecule has 8 rings (SSSR count). The fourth-order valence-electron chi connectivity index (χ4n) is 8.02. The van der Waals surface area contributed by atoms with Crippen LogP contribution >= 0.6 is 0 Å². The highest BCUT2D eigenvalue weighted by Gasteiger charge is 2.32. The highest BCUT2D eigenvalue weighted by Crippen LogP contribution is 2.45. The van der Waals surface area contributed by atoms with Crippen molar-refractivity contribution in [3.8, 4) is 0 Å². The molecule has 52 heavy (non-hydrogen) atoms. The van der Waals surface area contributed by atoms with Crippen molar-refractivity contribution < 1.29 is 0 Å². The van der Waals surface area contributed by atoms with Gasteiger partial charge in [-0.3, -0.25) is 0 Å². The fraction of sp³-hybridized carbons (Fsp3) is 0.200. The summed E-state index contributed by atoms with van der Waals surface area (Å²) >= 11 is 0. The van der Waals surface area contributed by atoms with E-state index in [4.69, 9.17) is 0 Å². The van der Waals surface area contributed by atoms with Crippen LogP contribution < -0.4 is 9.80 Å². The summed E-state index contributed by atoms with van der Waals surface area (Å²) in [7, 11) is 0. The average molecular weight is 677 g/mol. The van der Waals surface area contributed by atoms with E-state index >= 15 is 0 Å². The molecule has 2 nitrogen and oxygen atoms in total. The minimum atomic E-state index is -0.351. The quantitative estimate of drug-likeness (QED) is 0.166. The number of anilines is 5. The number of benzene rings is 7. The SMILES string of the molecule is CC1C=Cc2cccc(N(c3ccc(N(c4ccc5ccccc5c4)C(C)(C)c4ccc(C(C)(C)C)cc4)cc3)c3cccc4ccccc34)c2C1. The van der Waals surface area contributed by atoms with E-state index in [1.807, 2.05) is 0 Å². The first-order chi connectivity index (χ1) is 25.1. The fourth-order valence-corrected chi connectivity index (χ4v) is 8.02. The van der Waals surface area contributed by atoms with Crippen LogP contribution in [0.25, 0.3) is 27.6 Å². The van der Waals surface area contributed by atoms with Crippen LogP contribution in [-0.4, -0.2) is 0 Å². The number of hydrogen-bond donors (Lipinski definition) is 0. The van der Waals surface area contributed by atoms with Gasteiger partial charge < -0.3 is 9.80 Å². The van der Waals surface area contributed by atoms with E-state index in [2.05, 4.69) is 215 Å². The smallest absolute Gasteiger partial charge is 0.0646 e. The maximum Gasteiger partial charge on any atom is 0.0646 e.